The van der Waals surface area contributed by atoms with E-state index in [1.165, 1.54) is 5.69 Å². The summed E-state index contributed by atoms with van der Waals surface area (Å²) in [5, 5.41) is 6.80. The summed E-state index contributed by atoms with van der Waals surface area (Å²) < 4.78 is 0. The van der Waals surface area contributed by atoms with Gasteiger partial charge in [-0.1, -0.05) is 6.92 Å². The van der Waals surface area contributed by atoms with Gasteiger partial charge in [0.1, 0.15) is 0 Å². The van der Waals surface area contributed by atoms with Crippen LogP contribution < -0.4 is 10.6 Å². The van der Waals surface area contributed by atoms with Crippen LogP contribution in [0, 0.1) is 0 Å². The van der Waals surface area contributed by atoms with Crippen molar-refractivity contribution in [2.75, 3.05) is 18.4 Å². The molecule has 1 aromatic rings. The lowest BCUT2D eigenvalue weighted by Gasteiger charge is -2.41. The Morgan fingerprint density at radius 1 is 1.57 bits per heavy atom. The fraction of sp³-hybridized carbons (Fsp3) is 0.545. The lowest BCUT2D eigenvalue weighted by Crippen LogP contribution is -2.62. The van der Waals surface area contributed by atoms with E-state index >= 15 is 0 Å². The highest BCUT2D eigenvalue weighted by Crippen LogP contribution is 2.18. The second kappa shape index (κ2) is 3.58. The molecule has 0 amide bonds. The van der Waals surface area contributed by atoms with Gasteiger partial charge in [-0.3, -0.25) is 4.98 Å². The van der Waals surface area contributed by atoms with Crippen LogP contribution >= 0.6 is 0 Å². The van der Waals surface area contributed by atoms with Crippen molar-refractivity contribution in [3.8, 4) is 0 Å². The number of hydrogen-bond donors (Lipinski definition) is 2. The Kier molecular flexibility index (Phi) is 2.42. The van der Waals surface area contributed by atoms with E-state index in [1.54, 1.807) is 0 Å². The fourth-order valence-corrected chi connectivity index (χ4v) is 1.69. The maximum absolute atomic E-state index is 4.28. The van der Waals surface area contributed by atoms with Crippen molar-refractivity contribution >= 4 is 5.69 Å². The van der Waals surface area contributed by atoms with Gasteiger partial charge in [0.25, 0.3) is 0 Å². The molecule has 2 N–H and O–H groups in total. The summed E-state index contributed by atoms with van der Waals surface area (Å²) in [6, 6.07) is 4.16. The van der Waals surface area contributed by atoms with Gasteiger partial charge < -0.3 is 10.6 Å². The Bertz CT molecular complexity index is 318. The first-order valence-corrected chi connectivity index (χ1v) is 5.16. The van der Waals surface area contributed by atoms with Gasteiger partial charge in [-0.15, -0.1) is 0 Å². The number of aromatic nitrogens is 1. The van der Waals surface area contributed by atoms with E-state index in [4.69, 9.17) is 0 Å². The maximum Gasteiger partial charge on any atom is 0.0593 e. The highest BCUT2D eigenvalue weighted by molar-refractivity contribution is 5.46. The maximum atomic E-state index is 4.28. The lowest BCUT2D eigenvalue weighted by molar-refractivity contribution is 0.338. The van der Waals surface area contributed by atoms with Gasteiger partial charge in [-0.25, -0.2) is 0 Å². The van der Waals surface area contributed by atoms with Gasteiger partial charge in [-0.2, -0.15) is 0 Å². The predicted molar refractivity (Wildman–Crippen MR) is 58.5 cm³/mol. The highest BCUT2D eigenvalue weighted by atomic mass is 15.1. The smallest absolute Gasteiger partial charge is 0.0593 e. The van der Waals surface area contributed by atoms with Crippen LogP contribution in [0.1, 0.15) is 19.5 Å². The molecule has 0 unspecified atom stereocenters. The van der Waals surface area contributed by atoms with Crippen LogP contribution in [0.2, 0.25) is 0 Å². The molecule has 76 valence electrons. The molecule has 0 bridgehead atoms. The van der Waals surface area contributed by atoms with Gasteiger partial charge in [0.15, 0.2) is 0 Å². The minimum absolute atomic E-state index is 0.229. The van der Waals surface area contributed by atoms with E-state index in [9.17, 15) is 0 Å². The lowest BCUT2D eigenvalue weighted by atomic mass is 9.95. The molecule has 1 aliphatic heterocycles. The Labute approximate surface area is 84.9 Å². The second-order valence-electron chi connectivity index (χ2n) is 4.18. The molecule has 1 saturated heterocycles. The van der Waals surface area contributed by atoms with E-state index in [2.05, 4.69) is 35.5 Å². The predicted octanol–water partition coefficient (Wildman–Crippen LogP) is 1.42. The summed E-state index contributed by atoms with van der Waals surface area (Å²) >= 11 is 0. The molecule has 0 aromatic carbocycles. The molecular weight excluding hydrogens is 174 g/mol. The third kappa shape index (κ3) is 1.87. The average Bonchev–Trinajstić information content (AvgIpc) is 2.16. The van der Waals surface area contributed by atoms with E-state index in [0.717, 1.165) is 25.2 Å². The molecule has 14 heavy (non-hydrogen) atoms. The van der Waals surface area contributed by atoms with Crippen LogP contribution in [0.5, 0.6) is 0 Å². The third-order valence-corrected chi connectivity index (χ3v) is 2.66. The molecule has 0 radical (unpaired) electrons. The number of aryl methyl sites for hydroxylation is 1. The summed E-state index contributed by atoms with van der Waals surface area (Å²) in [5.41, 5.74) is 2.55. The van der Waals surface area contributed by atoms with E-state index < -0.39 is 0 Å². The molecule has 0 atom stereocenters. The van der Waals surface area contributed by atoms with E-state index in [0.29, 0.717) is 0 Å². The van der Waals surface area contributed by atoms with Gasteiger partial charge >= 0.3 is 0 Å². The first-order chi connectivity index (χ1) is 6.72. The highest BCUT2D eigenvalue weighted by Gasteiger charge is 2.30. The van der Waals surface area contributed by atoms with Gasteiger partial charge in [0.2, 0.25) is 0 Å². The zero-order valence-corrected chi connectivity index (χ0v) is 8.80. The zero-order chi connectivity index (χ0) is 10.0. The molecule has 0 spiro atoms. The van der Waals surface area contributed by atoms with E-state index in [1.807, 2.05) is 12.3 Å². The van der Waals surface area contributed by atoms with Crippen molar-refractivity contribution in [3.05, 3.63) is 24.0 Å². The minimum atomic E-state index is 0.229. The third-order valence-electron chi connectivity index (χ3n) is 2.66. The number of nitrogens with one attached hydrogen (secondary N) is 2. The molecule has 0 saturated carbocycles. The standard InChI is InChI=1S/C11H17N3/c1-3-9-6-10(4-5-13-9)14-11(2)7-12-8-11/h4-6,12H,3,7-8H2,1-2H3,(H,13,14). The molecule has 1 aromatic heterocycles. The van der Waals surface area contributed by atoms with Crippen LogP contribution in [-0.4, -0.2) is 23.6 Å². The van der Waals surface area contributed by atoms with Crippen molar-refractivity contribution in [2.45, 2.75) is 25.8 Å². The van der Waals surface area contributed by atoms with Crippen molar-refractivity contribution in [1.82, 2.24) is 10.3 Å². The van der Waals surface area contributed by atoms with Crippen LogP contribution in [0.4, 0.5) is 5.69 Å². The van der Waals surface area contributed by atoms with Crippen molar-refractivity contribution < 1.29 is 0 Å². The summed E-state index contributed by atoms with van der Waals surface area (Å²) in [5.74, 6) is 0. The largest absolute Gasteiger partial charge is 0.377 e. The number of nitrogens with zero attached hydrogens (tertiary/aromatic N) is 1. The molecule has 1 fully saturated rings. The van der Waals surface area contributed by atoms with Crippen molar-refractivity contribution in [2.24, 2.45) is 0 Å². The fourth-order valence-electron chi connectivity index (χ4n) is 1.69. The molecule has 1 aliphatic rings. The molecule has 3 nitrogen and oxygen atoms in total. The number of rotatable bonds is 3. The van der Waals surface area contributed by atoms with E-state index in [-0.39, 0.29) is 5.54 Å². The average molecular weight is 191 g/mol. The summed E-state index contributed by atoms with van der Waals surface area (Å²) in [7, 11) is 0. The van der Waals surface area contributed by atoms with Gasteiger partial charge in [0, 0.05) is 30.7 Å². The number of hydrogen-bond acceptors (Lipinski definition) is 3. The Hall–Kier alpha value is -1.09. The monoisotopic (exact) mass is 191 g/mol. The normalized spacial score (nSPS) is 18.7. The van der Waals surface area contributed by atoms with Gasteiger partial charge in [0.05, 0.1) is 5.54 Å². The molecule has 3 heteroatoms. The molecule has 2 heterocycles. The molecule has 2 rings (SSSR count). The van der Waals surface area contributed by atoms with Crippen LogP contribution in [0.25, 0.3) is 0 Å². The van der Waals surface area contributed by atoms with Crippen molar-refractivity contribution in [1.29, 1.82) is 0 Å². The molecule has 0 aliphatic carbocycles. The quantitative estimate of drug-likeness (QED) is 0.758. The number of anilines is 1. The minimum Gasteiger partial charge on any atom is -0.377 e. The van der Waals surface area contributed by atoms with Crippen LogP contribution in [0.15, 0.2) is 18.3 Å². The summed E-state index contributed by atoms with van der Waals surface area (Å²) in [6.45, 7) is 6.43. The Morgan fingerprint density at radius 2 is 2.36 bits per heavy atom. The second-order valence-corrected chi connectivity index (χ2v) is 4.18. The summed E-state index contributed by atoms with van der Waals surface area (Å²) in [6.07, 6.45) is 2.86. The SMILES string of the molecule is CCc1cc(NC2(C)CNC2)ccn1. The first-order valence-electron chi connectivity index (χ1n) is 5.16. The first kappa shape index (κ1) is 9.46. The van der Waals surface area contributed by atoms with Crippen LogP contribution in [-0.2, 0) is 6.42 Å². The van der Waals surface area contributed by atoms with Gasteiger partial charge in [-0.05, 0) is 25.5 Å². The Balaban J connectivity index is 2.08. The topological polar surface area (TPSA) is 37.0 Å². The molecular formula is C11H17N3. The Morgan fingerprint density at radius 3 is 2.93 bits per heavy atom. The van der Waals surface area contributed by atoms with Crippen molar-refractivity contribution in [3.63, 3.8) is 0 Å². The summed E-state index contributed by atoms with van der Waals surface area (Å²) in [4.78, 5) is 4.28. The zero-order valence-electron chi connectivity index (χ0n) is 8.80. The number of pyridine rings is 1. The van der Waals surface area contributed by atoms with Crippen LogP contribution in [0.3, 0.4) is 0 Å².